The number of aromatic nitrogens is 2. The predicted molar refractivity (Wildman–Crippen MR) is 98.1 cm³/mol. The van der Waals surface area contributed by atoms with E-state index in [2.05, 4.69) is 15.5 Å². The van der Waals surface area contributed by atoms with Crippen molar-refractivity contribution in [3.63, 3.8) is 0 Å². The third-order valence-electron chi connectivity index (χ3n) is 3.48. The smallest absolute Gasteiger partial charge is 0.255 e. The summed E-state index contributed by atoms with van der Waals surface area (Å²) in [5, 5.41) is 7.20. The molecule has 1 amide bonds. The number of nitrogens with one attached hydrogen (secondary N) is 1. The molecule has 0 saturated carbocycles. The largest absolute Gasteiger partial charge is 0.490 e. The minimum atomic E-state index is -0.279. The highest BCUT2D eigenvalue weighted by atomic mass is 35.5. The normalized spacial score (nSPS) is 10.8. The Morgan fingerprint density at radius 3 is 2.69 bits per heavy atom. The molecular weight excluding hydrogens is 354 g/mol. The van der Waals surface area contributed by atoms with Crippen molar-refractivity contribution < 1.29 is 14.1 Å². The number of rotatable bonds is 6. The van der Waals surface area contributed by atoms with Gasteiger partial charge in [0.05, 0.1) is 23.2 Å². The van der Waals surface area contributed by atoms with Gasteiger partial charge in [-0.3, -0.25) is 4.79 Å². The lowest BCUT2D eigenvalue weighted by Gasteiger charge is -2.13. The Morgan fingerprint density at radius 1 is 1.19 bits per heavy atom. The van der Waals surface area contributed by atoms with Gasteiger partial charge in [-0.1, -0.05) is 41.0 Å². The summed E-state index contributed by atoms with van der Waals surface area (Å²) in [5.74, 6) is 0.917. The number of amides is 1. The Bertz CT molecular complexity index is 908. The Labute approximate surface area is 156 Å². The molecule has 0 atom stereocenters. The predicted octanol–water partition coefficient (Wildman–Crippen LogP) is 4.11. The van der Waals surface area contributed by atoms with Crippen molar-refractivity contribution in [3.05, 3.63) is 65.0 Å². The van der Waals surface area contributed by atoms with Gasteiger partial charge in [0.2, 0.25) is 11.7 Å². The number of carbonyl (C=O) groups is 1. The highest BCUT2D eigenvalue weighted by molar-refractivity contribution is 6.33. The number of carbonyl (C=O) groups excluding carboxylic acids is 1. The van der Waals surface area contributed by atoms with Crippen LogP contribution in [0, 0.1) is 0 Å². The Kier molecular flexibility index (Phi) is 5.53. The second kappa shape index (κ2) is 8.01. The van der Waals surface area contributed by atoms with E-state index in [1.807, 2.05) is 32.0 Å². The summed E-state index contributed by atoms with van der Waals surface area (Å²) in [6, 6.07) is 14.3. The molecule has 6 nitrogen and oxygen atoms in total. The van der Waals surface area contributed by atoms with E-state index in [9.17, 15) is 4.79 Å². The molecule has 0 unspecified atom stereocenters. The molecule has 0 aliphatic rings. The molecule has 0 radical (unpaired) electrons. The molecular formula is C19H18ClN3O3. The average Bonchev–Trinajstić information content (AvgIpc) is 3.09. The summed E-state index contributed by atoms with van der Waals surface area (Å²) in [5.41, 5.74) is 1.12. The van der Waals surface area contributed by atoms with Gasteiger partial charge in [-0.05, 0) is 38.1 Å². The summed E-state index contributed by atoms with van der Waals surface area (Å²) in [7, 11) is 0. The number of benzene rings is 2. The van der Waals surface area contributed by atoms with Gasteiger partial charge >= 0.3 is 0 Å². The lowest BCUT2D eigenvalue weighted by Crippen LogP contribution is -2.24. The first-order chi connectivity index (χ1) is 12.5. The van der Waals surface area contributed by atoms with Crippen LogP contribution in [-0.4, -0.2) is 22.2 Å². The Balaban J connectivity index is 1.69. The average molecular weight is 372 g/mol. The summed E-state index contributed by atoms with van der Waals surface area (Å²) < 4.78 is 10.9. The topological polar surface area (TPSA) is 77.2 Å². The molecule has 1 aromatic heterocycles. The van der Waals surface area contributed by atoms with E-state index in [1.54, 1.807) is 30.3 Å². The zero-order valence-electron chi connectivity index (χ0n) is 14.4. The van der Waals surface area contributed by atoms with Gasteiger partial charge in [-0.25, -0.2) is 0 Å². The van der Waals surface area contributed by atoms with Gasteiger partial charge in [0.25, 0.3) is 5.91 Å². The molecule has 0 aliphatic heterocycles. The van der Waals surface area contributed by atoms with Crippen LogP contribution in [0.1, 0.15) is 30.1 Å². The van der Waals surface area contributed by atoms with Crippen LogP contribution in [0.4, 0.5) is 0 Å². The first-order valence-corrected chi connectivity index (χ1v) is 8.53. The molecule has 2 aromatic carbocycles. The molecule has 3 rings (SSSR count). The molecule has 3 aromatic rings. The van der Waals surface area contributed by atoms with Crippen molar-refractivity contribution in [2.24, 2.45) is 0 Å². The second-order valence-electron chi connectivity index (χ2n) is 5.84. The van der Waals surface area contributed by atoms with Crippen molar-refractivity contribution in [1.82, 2.24) is 15.5 Å². The van der Waals surface area contributed by atoms with Gasteiger partial charge in [0.1, 0.15) is 5.75 Å². The number of ether oxygens (including phenoxy) is 1. The second-order valence-corrected chi connectivity index (χ2v) is 6.24. The first kappa shape index (κ1) is 17.9. The summed E-state index contributed by atoms with van der Waals surface area (Å²) in [6.07, 6.45) is -0.0296. The van der Waals surface area contributed by atoms with E-state index in [-0.39, 0.29) is 24.4 Å². The van der Waals surface area contributed by atoms with E-state index in [0.717, 1.165) is 0 Å². The van der Waals surface area contributed by atoms with Gasteiger partial charge in [-0.2, -0.15) is 4.98 Å². The highest BCUT2D eigenvalue weighted by Gasteiger charge is 2.15. The zero-order valence-corrected chi connectivity index (χ0v) is 15.2. The number of para-hydroxylation sites is 1. The first-order valence-electron chi connectivity index (χ1n) is 8.16. The third-order valence-corrected chi connectivity index (χ3v) is 3.81. The third kappa shape index (κ3) is 4.21. The summed E-state index contributed by atoms with van der Waals surface area (Å²) in [6.45, 7) is 3.92. The van der Waals surface area contributed by atoms with Crippen LogP contribution in [0.2, 0.25) is 5.02 Å². The van der Waals surface area contributed by atoms with Crippen LogP contribution < -0.4 is 10.1 Å². The zero-order chi connectivity index (χ0) is 18.5. The van der Waals surface area contributed by atoms with Crippen molar-refractivity contribution in [1.29, 1.82) is 0 Å². The van der Waals surface area contributed by atoms with Crippen LogP contribution in [0.25, 0.3) is 11.4 Å². The molecule has 7 heteroatoms. The number of hydrogen-bond donors (Lipinski definition) is 1. The quantitative estimate of drug-likeness (QED) is 0.705. The van der Waals surface area contributed by atoms with Gasteiger partial charge in [0, 0.05) is 5.56 Å². The fraction of sp³-hybridized carbons (Fsp3) is 0.211. The minimum Gasteiger partial charge on any atom is -0.490 e. The van der Waals surface area contributed by atoms with Gasteiger partial charge in [-0.15, -0.1) is 0 Å². The van der Waals surface area contributed by atoms with E-state index >= 15 is 0 Å². The van der Waals surface area contributed by atoms with Crippen LogP contribution in [-0.2, 0) is 6.54 Å². The molecule has 1 N–H and O–H groups in total. The molecule has 134 valence electrons. The van der Waals surface area contributed by atoms with Crippen LogP contribution in [0.5, 0.6) is 5.75 Å². The molecule has 0 fully saturated rings. The molecule has 0 bridgehead atoms. The van der Waals surface area contributed by atoms with Crippen molar-refractivity contribution in [2.75, 3.05) is 0 Å². The van der Waals surface area contributed by atoms with Crippen LogP contribution in [0.3, 0.4) is 0 Å². The summed E-state index contributed by atoms with van der Waals surface area (Å²) in [4.78, 5) is 16.7. The highest BCUT2D eigenvalue weighted by Crippen LogP contribution is 2.25. The van der Waals surface area contributed by atoms with E-state index in [0.29, 0.717) is 27.7 Å². The van der Waals surface area contributed by atoms with E-state index in [1.165, 1.54) is 0 Å². The van der Waals surface area contributed by atoms with Gasteiger partial charge < -0.3 is 14.6 Å². The van der Waals surface area contributed by atoms with Gasteiger partial charge in [0.15, 0.2) is 0 Å². The van der Waals surface area contributed by atoms with Crippen molar-refractivity contribution in [2.45, 2.75) is 26.5 Å². The number of hydrogen-bond acceptors (Lipinski definition) is 5. The van der Waals surface area contributed by atoms with Crippen LogP contribution in [0.15, 0.2) is 53.1 Å². The lowest BCUT2D eigenvalue weighted by molar-refractivity contribution is 0.0940. The fourth-order valence-corrected chi connectivity index (χ4v) is 2.56. The molecule has 26 heavy (non-hydrogen) atoms. The molecule has 0 spiro atoms. The monoisotopic (exact) mass is 371 g/mol. The molecule has 0 saturated heterocycles. The Morgan fingerprint density at radius 2 is 1.92 bits per heavy atom. The number of halogens is 1. The standard InChI is InChI=1S/C19H18ClN3O3/c1-12(2)25-16-10-6-4-8-14(16)19(24)21-11-17-22-18(23-26-17)13-7-3-5-9-15(13)20/h3-10,12H,11H2,1-2H3,(H,21,24). The maximum Gasteiger partial charge on any atom is 0.255 e. The lowest BCUT2D eigenvalue weighted by atomic mass is 10.2. The maximum absolute atomic E-state index is 12.4. The van der Waals surface area contributed by atoms with Crippen molar-refractivity contribution in [3.8, 4) is 17.1 Å². The summed E-state index contributed by atoms with van der Waals surface area (Å²) >= 11 is 6.13. The Hall–Kier alpha value is -2.86. The van der Waals surface area contributed by atoms with Crippen LogP contribution >= 0.6 is 11.6 Å². The molecule has 1 heterocycles. The maximum atomic E-state index is 12.4. The fourth-order valence-electron chi connectivity index (χ4n) is 2.34. The molecule has 0 aliphatic carbocycles. The van der Waals surface area contributed by atoms with Crippen molar-refractivity contribution >= 4 is 17.5 Å². The SMILES string of the molecule is CC(C)Oc1ccccc1C(=O)NCc1nc(-c2ccccc2Cl)no1. The number of nitrogens with zero attached hydrogens (tertiary/aromatic N) is 2. The van der Waals surface area contributed by atoms with E-state index in [4.69, 9.17) is 20.9 Å². The minimum absolute atomic E-state index is 0.0296. The van der Waals surface area contributed by atoms with E-state index < -0.39 is 0 Å².